The molecule has 1 N–H and O–H groups in total. The first-order valence-electron chi connectivity index (χ1n) is 8.35. The van der Waals surface area contributed by atoms with Crippen molar-refractivity contribution in [2.24, 2.45) is 0 Å². The molecule has 1 aromatic heterocycles. The summed E-state index contributed by atoms with van der Waals surface area (Å²) in [7, 11) is 0. The lowest BCUT2D eigenvalue weighted by atomic mass is 10.1. The Morgan fingerprint density at radius 1 is 0.962 bits per heavy atom. The van der Waals surface area contributed by atoms with E-state index in [1.54, 1.807) is 30.6 Å². The number of nitrogens with one attached hydrogen (secondary N) is 1. The van der Waals surface area contributed by atoms with Crippen LogP contribution in [0, 0.1) is 6.92 Å². The summed E-state index contributed by atoms with van der Waals surface area (Å²) in [4.78, 5) is 16.6. The number of ether oxygens (including phenoxy) is 2. The van der Waals surface area contributed by atoms with Crippen molar-refractivity contribution < 1.29 is 14.3 Å². The molecular weight excluding hydrogens is 328 g/mol. The first-order valence-corrected chi connectivity index (χ1v) is 8.35. The largest absolute Gasteiger partial charge is 0.490 e. The number of para-hydroxylation sites is 2. The van der Waals surface area contributed by atoms with E-state index in [9.17, 15) is 4.79 Å². The van der Waals surface area contributed by atoms with Crippen LogP contribution in [0.5, 0.6) is 11.5 Å². The van der Waals surface area contributed by atoms with Crippen LogP contribution in [0.25, 0.3) is 0 Å². The highest BCUT2D eigenvalue weighted by molar-refractivity contribution is 6.06. The van der Waals surface area contributed by atoms with Crippen molar-refractivity contribution in [3.05, 3.63) is 84.2 Å². The predicted octanol–water partition coefficient (Wildman–Crippen LogP) is 4.10. The van der Waals surface area contributed by atoms with Crippen molar-refractivity contribution >= 4 is 11.6 Å². The molecule has 0 bridgehead atoms. The van der Waals surface area contributed by atoms with Gasteiger partial charge in [-0.05, 0) is 42.8 Å². The van der Waals surface area contributed by atoms with E-state index in [2.05, 4.69) is 10.3 Å². The fraction of sp³-hybridized carbons (Fsp3) is 0.143. The zero-order valence-corrected chi connectivity index (χ0v) is 14.5. The van der Waals surface area contributed by atoms with Gasteiger partial charge in [-0.3, -0.25) is 9.78 Å². The number of aryl methyl sites for hydroxylation is 1. The van der Waals surface area contributed by atoms with E-state index >= 15 is 0 Å². The summed E-state index contributed by atoms with van der Waals surface area (Å²) in [5.41, 5.74) is 2.10. The van der Waals surface area contributed by atoms with E-state index in [0.29, 0.717) is 30.2 Å². The number of benzene rings is 2. The molecule has 0 spiro atoms. The van der Waals surface area contributed by atoms with Crippen LogP contribution in [0.1, 0.15) is 15.9 Å². The third kappa shape index (κ3) is 4.60. The fourth-order valence-electron chi connectivity index (χ4n) is 2.39. The Hall–Kier alpha value is -3.34. The van der Waals surface area contributed by atoms with Crippen molar-refractivity contribution in [1.29, 1.82) is 0 Å². The number of aromatic nitrogens is 1. The van der Waals surface area contributed by atoms with E-state index in [1.807, 2.05) is 49.4 Å². The fourth-order valence-corrected chi connectivity index (χ4v) is 2.39. The molecule has 0 unspecified atom stereocenters. The van der Waals surface area contributed by atoms with Gasteiger partial charge < -0.3 is 14.8 Å². The van der Waals surface area contributed by atoms with Crippen molar-refractivity contribution in [2.75, 3.05) is 18.5 Å². The third-order valence-corrected chi connectivity index (χ3v) is 3.77. The monoisotopic (exact) mass is 348 g/mol. The molecule has 0 aliphatic heterocycles. The van der Waals surface area contributed by atoms with Gasteiger partial charge in [-0.1, -0.05) is 30.3 Å². The van der Waals surface area contributed by atoms with Gasteiger partial charge in [-0.15, -0.1) is 0 Å². The molecule has 5 nitrogen and oxygen atoms in total. The molecule has 0 atom stereocenters. The van der Waals surface area contributed by atoms with Crippen LogP contribution in [0.3, 0.4) is 0 Å². The Morgan fingerprint density at radius 3 is 2.50 bits per heavy atom. The van der Waals surface area contributed by atoms with Crippen LogP contribution >= 0.6 is 0 Å². The number of hydrogen-bond donors (Lipinski definition) is 1. The molecule has 0 radical (unpaired) electrons. The summed E-state index contributed by atoms with van der Waals surface area (Å²) in [5.74, 6) is 1.07. The lowest BCUT2D eigenvalue weighted by molar-refractivity contribution is 0.102. The van der Waals surface area contributed by atoms with Gasteiger partial charge in [0.15, 0.2) is 0 Å². The highest BCUT2D eigenvalue weighted by Crippen LogP contribution is 2.21. The molecule has 0 aliphatic rings. The maximum absolute atomic E-state index is 12.6. The van der Waals surface area contributed by atoms with Crippen LogP contribution in [-0.4, -0.2) is 24.1 Å². The van der Waals surface area contributed by atoms with Crippen LogP contribution in [-0.2, 0) is 0 Å². The number of anilines is 1. The van der Waals surface area contributed by atoms with Crippen LogP contribution in [0.4, 0.5) is 5.69 Å². The van der Waals surface area contributed by atoms with E-state index < -0.39 is 0 Å². The van der Waals surface area contributed by atoms with Gasteiger partial charge in [0.2, 0.25) is 0 Å². The molecule has 5 heteroatoms. The highest BCUT2D eigenvalue weighted by Gasteiger charge is 2.13. The molecule has 2 aromatic carbocycles. The smallest absolute Gasteiger partial charge is 0.259 e. The average molecular weight is 348 g/mol. The second-order valence-electron chi connectivity index (χ2n) is 5.65. The van der Waals surface area contributed by atoms with Gasteiger partial charge in [0.05, 0.1) is 17.4 Å². The Kier molecular flexibility index (Phi) is 5.83. The molecular formula is C21H20N2O3. The number of amides is 1. The standard InChI is InChI=1S/C21H20N2O3/c1-16-11-12-22-15-19(16)23-21(24)18-9-5-6-10-20(18)26-14-13-25-17-7-3-2-4-8-17/h2-12,15H,13-14H2,1H3,(H,23,24). The number of rotatable bonds is 7. The quantitative estimate of drug-likeness (QED) is 0.653. The highest BCUT2D eigenvalue weighted by atomic mass is 16.5. The van der Waals surface area contributed by atoms with Gasteiger partial charge >= 0.3 is 0 Å². The summed E-state index contributed by atoms with van der Waals surface area (Å²) in [6.07, 6.45) is 3.32. The molecule has 3 aromatic rings. The number of nitrogens with zero attached hydrogens (tertiary/aromatic N) is 1. The van der Waals surface area contributed by atoms with Gasteiger partial charge in [-0.25, -0.2) is 0 Å². The van der Waals surface area contributed by atoms with E-state index in [1.165, 1.54) is 0 Å². The van der Waals surface area contributed by atoms with Gasteiger partial charge in [0.1, 0.15) is 24.7 Å². The first-order chi connectivity index (χ1) is 12.7. The molecule has 0 aliphatic carbocycles. The maximum Gasteiger partial charge on any atom is 0.259 e. The zero-order chi connectivity index (χ0) is 18.2. The molecule has 132 valence electrons. The number of hydrogen-bond acceptors (Lipinski definition) is 4. The van der Waals surface area contributed by atoms with Crippen molar-refractivity contribution in [3.8, 4) is 11.5 Å². The minimum absolute atomic E-state index is 0.235. The maximum atomic E-state index is 12.6. The van der Waals surface area contributed by atoms with Crippen molar-refractivity contribution in [3.63, 3.8) is 0 Å². The van der Waals surface area contributed by atoms with Crippen LogP contribution in [0.2, 0.25) is 0 Å². The second kappa shape index (κ2) is 8.67. The molecule has 1 heterocycles. The molecule has 0 fully saturated rings. The molecule has 1 amide bonds. The number of carbonyl (C=O) groups excluding carboxylic acids is 1. The minimum Gasteiger partial charge on any atom is -0.490 e. The lowest BCUT2D eigenvalue weighted by Gasteiger charge is -2.13. The Morgan fingerprint density at radius 2 is 1.69 bits per heavy atom. The van der Waals surface area contributed by atoms with E-state index in [4.69, 9.17) is 9.47 Å². The topological polar surface area (TPSA) is 60.5 Å². The van der Waals surface area contributed by atoms with E-state index in [0.717, 1.165) is 11.3 Å². The number of carbonyl (C=O) groups is 1. The summed E-state index contributed by atoms with van der Waals surface area (Å²) in [6.45, 7) is 2.65. The zero-order valence-electron chi connectivity index (χ0n) is 14.5. The van der Waals surface area contributed by atoms with Gasteiger partial charge in [0, 0.05) is 6.20 Å². The SMILES string of the molecule is Cc1ccncc1NC(=O)c1ccccc1OCCOc1ccccc1. The Balaban J connectivity index is 1.60. The van der Waals surface area contributed by atoms with E-state index in [-0.39, 0.29) is 5.91 Å². The van der Waals surface area contributed by atoms with Crippen molar-refractivity contribution in [2.45, 2.75) is 6.92 Å². The Labute approximate surface area is 152 Å². The summed E-state index contributed by atoms with van der Waals surface area (Å²) < 4.78 is 11.4. The van der Waals surface area contributed by atoms with Crippen LogP contribution < -0.4 is 14.8 Å². The first kappa shape index (κ1) is 17.5. The molecule has 0 saturated carbocycles. The normalized spacial score (nSPS) is 10.2. The number of pyridine rings is 1. The summed E-state index contributed by atoms with van der Waals surface area (Å²) in [6, 6.07) is 18.5. The van der Waals surface area contributed by atoms with Crippen LogP contribution in [0.15, 0.2) is 73.1 Å². The average Bonchev–Trinajstić information content (AvgIpc) is 2.68. The predicted molar refractivity (Wildman–Crippen MR) is 101 cm³/mol. The summed E-state index contributed by atoms with van der Waals surface area (Å²) >= 11 is 0. The third-order valence-electron chi connectivity index (χ3n) is 3.77. The van der Waals surface area contributed by atoms with Gasteiger partial charge in [0.25, 0.3) is 5.91 Å². The lowest BCUT2D eigenvalue weighted by Crippen LogP contribution is -2.16. The summed E-state index contributed by atoms with van der Waals surface area (Å²) in [5, 5.41) is 2.87. The molecule has 3 rings (SSSR count). The molecule has 0 saturated heterocycles. The second-order valence-corrected chi connectivity index (χ2v) is 5.65. The minimum atomic E-state index is -0.235. The van der Waals surface area contributed by atoms with Crippen molar-refractivity contribution in [1.82, 2.24) is 4.98 Å². The Bertz CT molecular complexity index is 866. The molecule has 26 heavy (non-hydrogen) atoms. The van der Waals surface area contributed by atoms with Gasteiger partial charge in [-0.2, -0.15) is 0 Å².